The molecule has 0 saturated heterocycles. The van der Waals surface area contributed by atoms with E-state index >= 15 is 0 Å². The van der Waals surface area contributed by atoms with Gasteiger partial charge in [-0.05, 0) is 30.2 Å². The third kappa shape index (κ3) is 2.03. The zero-order valence-electron chi connectivity index (χ0n) is 11.1. The third-order valence-corrected chi connectivity index (χ3v) is 4.67. The van der Waals surface area contributed by atoms with Gasteiger partial charge in [0.25, 0.3) is 0 Å². The quantitative estimate of drug-likeness (QED) is 0.884. The number of rotatable bonds is 3. The van der Waals surface area contributed by atoms with Gasteiger partial charge in [-0.3, -0.25) is 0 Å². The monoisotopic (exact) mass is 246 g/mol. The van der Waals surface area contributed by atoms with Crippen molar-refractivity contribution in [2.45, 2.75) is 45.1 Å². The Labute approximate surface area is 109 Å². The highest BCUT2D eigenvalue weighted by Crippen LogP contribution is 2.44. The molecule has 3 atom stereocenters. The Kier molecular flexibility index (Phi) is 3.29. The highest BCUT2D eigenvalue weighted by Gasteiger charge is 2.32. The van der Waals surface area contributed by atoms with Crippen LogP contribution in [0.5, 0.6) is 5.75 Å². The van der Waals surface area contributed by atoms with Gasteiger partial charge in [0.1, 0.15) is 5.75 Å². The van der Waals surface area contributed by atoms with Crippen molar-refractivity contribution in [3.05, 3.63) is 29.3 Å². The lowest BCUT2D eigenvalue weighted by atomic mass is 9.91. The minimum absolute atomic E-state index is 0.338. The van der Waals surface area contributed by atoms with Crippen molar-refractivity contribution in [2.24, 2.45) is 11.8 Å². The van der Waals surface area contributed by atoms with Gasteiger partial charge in [-0.15, -0.1) is 0 Å². The van der Waals surface area contributed by atoms with Crippen LogP contribution in [0.15, 0.2) is 18.2 Å². The van der Waals surface area contributed by atoms with Gasteiger partial charge in [0.2, 0.25) is 0 Å². The van der Waals surface area contributed by atoms with Crippen LogP contribution in [0.2, 0.25) is 0 Å². The van der Waals surface area contributed by atoms with Gasteiger partial charge in [-0.2, -0.15) is 0 Å². The lowest BCUT2D eigenvalue weighted by molar-refractivity contribution is 0.106. The minimum atomic E-state index is -0.338. The second-order valence-corrected chi connectivity index (χ2v) is 5.73. The summed E-state index contributed by atoms with van der Waals surface area (Å²) in [6.07, 6.45) is 5.48. The van der Waals surface area contributed by atoms with Crippen molar-refractivity contribution in [3.8, 4) is 5.75 Å². The molecule has 0 bridgehead atoms. The molecule has 0 aromatic heterocycles. The Morgan fingerprint density at radius 1 is 1.39 bits per heavy atom. The van der Waals surface area contributed by atoms with E-state index < -0.39 is 0 Å². The molecule has 2 nitrogen and oxygen atoms in total. The second kappa shape index (κ2) is 4.93. The predicted molar refractivity (Wildman–Crippen MR) is 71.7 cm³/mol. The summed E-state index contributed by atoms with van der Waals surface area (Å²) in [6, 6.07) is 6.20. The molecule has 0 radical (unpaired) electrons. The van der Waals surface area contributed by atoms with E-state index in [2.05, 4.69) is 19.1 Å². The highest BCUT2D eigenvalue weighted by molar-refractivity contribution is 5.45. The zero-order valence-corrected chi connectivity index (χ0v) is 11.1. The summed E-state index contributed by atoms with van der Waals surface area (Å²) in [7, 11) is 0. The number of hydrogen-bond acceptors (Lipinski definition) is 2. The van der Waals surface area contributed by atoms with E-state index in [4.69, 9.17) is 4.74 Å². The van der Waals surface area contributed by atoms with E-state index in [-0.39, 0.29) is 6.10 Å². The number of benzene rings is 1. The van der Waals surface area contributed by atoms with E-state index in [0.29, 0.717) is 5.92 Å². The third-order valence-electron chi connectivity index (χ3n) is 4.67. The number of para-hydroxylation sites is 1. The van der Waals surface area contributed by atoms with E-state index in [1.807, 2.05) is 6.07 Å². The Morgan fingerprint density at radius 3 is 3.06 bits per heavy atom. The lowest BCUT2D eigenvalue weighted by Crippen LogP contribution is -2.11. The van der Waals surface area contributed by atoms with Crippen LogP contribution in [0, 0.1) is 11.8 Å². The predicted octanol–water partition coefficient (Wildman–Crippen LogP) is 3.48. The molecule has 1 fully saturated rings. The molecular weight excluding hydrogens is 224 g/mol. The lowest BCUT2D eigenvalue weighted by Gasteiger charge is -2.20. The first kappa shape index (κ1) is 12.0. The summed E-state index contributed by atoms with van der Waals surface area (Å²) < 4.78 is 5.70. The second-order valence-electron chi connectivity index (χ2n) is 5.73. The molecule has 1 aromatic carbocycles. The molecule has 0 amide bonds. The van der Waals surface area contributed by atoms with Crippen molar-refractivity contribution >= 4 is 0 Å². The van der Waals surface area contributed by atoms with Gasteiger partial charge in [0.05, 0.1) is 12.7 Å². The van der Waals surface area contributed by atoms with Crippen LogP contribution in [0.3, 0.4) is 0 Å². The number of fused-ring (bicyclic) bond motifs is 1. The van der Waals surface area contributed by atoms with E-state index in [1.54, 1.807) is 0 Å². The summed E-state index contributed by atoms with van der Waals surface area (Å²) in [5, 5.41) is 10.6. The largest absolute Gasteiger partial charge is 0.493 e. The first-order valence-electron chi connectivity index (χ1n) is 7.22. The van der Waals surface area contributed by atoms with Crippen LogP contribution >= 0.6 is 0 Å². The maximum Gasteiger partial charge on any atom is 0.128 e. The fourth-order valence-electron chi connectivity index (χ4n) is 3.50. The van der Waals surface area contributed by atoms with Gasteiger partial charge in [0, 0.05) is 12.0 Å². The van der Waals surface area contributed by atoms with Crippen LogP contribution in [-0.4, -0.2) is 11.7 Å². The van der Waals surface area contributed by atoms with Gasteiger partial charge in [-0.25, -0.2) is 0 Å². The number of ether oxygens (including phenoxy) is 1. The normalized spacial score (nSPS) is 27.9. The highest BCUT2D eigenvalue weighted by atomic mass is 16.5. The summed E-state index contributed by atoms with van der Waals surface area (Å²) in [4.78, 5) is 0. The van der Waals surface area contributed by atoms with E-state index in [0.717, 1.165) is 36.7 Å². The smallest absolute Gasteiger partial charge is 0.128 e. The average molecular weight is 246 g/mol. The van der Waals surface area contributed by atoms with Crippen molar-refractivity contribution in [2.75, 3.05) is 6.61 Å². The molecule has 98 valence electrons. The molecule has 1 aliphatic carbocycles. The molecule has 2 heteroatoms. The molecule has 1 aliphatic heterocycles. The van der Waals surface area contributed by atoms with Crippen LogP contribution in [0.1, 0.15) is 49.8 Å². The van der Waals surface area contributed by atoms with Crippen molar-refractivity contribution < 1.29 is 9.84 Å². The number of aliphatic hydroxyl groups excluding tert-OH is 1. The summed E-state index contributed by atoms with van der Waals surface area (Å²) in [5.41, 5.74) is 2.28. The molecule has 18 heavy (non-hydrogen) atoms. The van der Waals surface area contributed by atoms with Crippen LogP contribution < -0.4 is 4.74 Å². The molecule has 2 aliphatic rings. The summed E-state index contributed by atoms with van der Waals surface area (Å²) in [5.74, 6) is 2.19. The van der Waals surface area contributed by atoms with Crippen molar-refractivity contribution in [1.82, 2.24) is 0 Å². The zero-order chi connectivity index (χ0) is 12.5. The summed E-state index contributed by atoms with van der Waals surface area (Å²) >= 11 is 0. The molecule has 0 spiro atoms. The van der Waals surface area contributed by atoms with Crippen LogP contribution in [0.25, 0.3) is 0 Å². The van der Waals surface area contributed by atoms with Crippen LogP contribution in [0.4, 0.5) is 0 Å². The molecule has 1 saturated carbocycles. The van der Waals surface area contributed by atoms with Crippen LogP contribution in [-0.2, 0) is 6.42 Å². The number of aliphatic hydroxyl groups is 1. The molecule has 1 aromatic rings. The van der Waals surface area contributed by atoms with Gasteiger partial charge >= 0.3 is 0 Å². The maximum atomic E-state index is 10.6. The first-order chi connectivity index (χ1) is 8.79. The topological polar surface area (TPSA) is 29.5 Å². The Hall–Kier alpha value is -1.02. The van der Waals surface area contributed by atoms with Gasteiger partial charge in [0.15, 0.2) is 0 Å². The number of hydrogen-bond donors (Lipinski definition) is 1. The molecule has 1 heterocycles. The molecular formula is C16H22O2. The average Bonchev–Trinajstić information content (AvgIpc) is 3.05. The van der Waals surface area contributed by atoms with Crippen molar-refractivity contribution in [3.63, 3.8) is 0 Å². The fourth-order valence-corrected chi connectivity index (χ4v) is 3.50. The maximum absolute atomic E-state index is 10.6. The minimum Gasteiger partial charge on any atom is -0.493 e. The first-order valence-corrected chi connectivity index (χ1v) is 7.22. The van der Waals surface area contributed by atoms with E-state index in [1.165, 1.54) is 24.8 Å². The molecule has 1 N–H and O–H groups in total. The van der Waals surface area contributed by atoms with Gasteiger partial charge < -0.3 is 9.84 Å². The van der Waals surface area contributed by atoms with E-state index in [9.17, 15) is 5.11 Å². The molecule has 3 unspecified atom stereocenters. The Bertz CT molecular complexity index is 427. The fraction of sp³-hybridized carbons (Fsp3) is 0.625. The molecule has 3 rings (SSSR count). The Morgan fingerprint density at radius 2 is 2.28 bits per heavy atom. The standard InChI is InChI=1S/C16H22O2/c1-2-11-6-7-13(10-11)15(17)14-5-3-4-12-8-9-18-16(12)14/h3-5,11,13,15,17H,2,6-10H2,1H3. The summed E-state index contributed by atoms with van der Waals surface area (Å²) in [6.45, 7) is 3.02. The van der Waals surface area contributed by atoms with Gasteiger partial charge in [-0.1, -0.05) is 38.0 Å². The van der Waals surface area contributed by atoms with Crippen molar-refractivity contribution in [1.29, 1.82) is 0 Å². The Balaban J connectivity index is 1.81. The SMILES string of the molecule is CCC1CCC(C(O)c2cccc3c2OCC3)C1.